The highest BCUT2D eigenvalue weighted by Gasteiger charge is 2.35. The number of carbonyl (C=O) groups is 3. The van der Waals surface area contributed by atoms with Crippen molar-refractivity contribution in [2.75, 3.05) is 26.7 Å². The molecule has 1 aliphatic carbocycles. The Hall–Kier alpha value is -2.57. The first-order valence-electron chi connectivity index (χ1n) is 11.0. The molecule has 2 amide bonds. The second-order valence-corrected chi connectivity index (χ2v) is 8.47. The Labute approximate surface area is 177 Å². The van der Waals surface area contributed by atoms with Crippen LogP contribution < -0.4 is 4.74 Å². The topological polar surface area (TPSA) is 76.2 Å². The average Bonchev–Trinajstić information content (AvgIpc) is 3.64. The average molecular weight is 415 g/mol. The third kappa shape index (κ3) is 4.60. The highest BCUT2D eigenvalue weighted by atomic mass is 16.5. The molecule has 1 atom stereocenters. The number of nitrogens with zero attached hydrogens (tertiary/aromatic N) is 2. The fourth-order valence-electron chi connectivity index (χ4n) is 4.37. The monoisotopic (exact) mass is 414 g/mol. The van der Waals surface area contributed by atoms with Crippen molar-refractivity contribution >= 4 is 17.8 Å². The second-order valence-electron chi connectivity index (χ2n) is 8.47. The highest BCUT2D eigenvalue weighted by molar-refractivity contribution is 5.97. The minimum absolute atomic E-state index is 0.0839. The Kier molecular flexibility index (Phi) is 6.25. The number of hydrogen-bond donors (Lipinski definition) is 0. The summed E-state index contributed by atoms with van der Waals surface area (Å²) in [4.78, 5) is 40.7. The van der Waals surface area contributed by atoms with E-state index in [9.17, 15) is 14.4 Å². The van der Waals surface area contributed by atoms with Crippen LogP contribution in [-0.2, 0) is 14.3 Å². The van der Waals surface area contributed by atoms with Gasteiger partial charge >= 0.3 is 5.97 Å². The van der Waals surface area contributed by atoms with Gasteiger partial charge in [0.15, 0.2) is 0 Å². The van der Waals surface area contributed by atoms with Crippen LogP contribution in [-0.4, -0.2) is 66.5 Å². The molecule has 2 heterocycles. The lowest BCUT2D eigenvalue weighted by Gasteiger charge is -2.34. The Balaban J connectivity index is 1.32. The van der Waals surface area contributed by atoms with E-state index < -0.39 is 6.04 Å². The molecular weight excluding hydrogens is 384 g/mol. The van der Waals surface area contributed by atoms with Gasteiger partial charge in [0.2, 0.25) is 5.91 Å². The molecule has 0 radical (unpaired) electrons. The summed E-state index contributed by atoms with van der Waals surface area (Å²) >= 11 is 0. The lowest BCUT2D eigenvalue weighted by Crippen LogP contribution is -2.48. The molecule has 162 valence electrons. The van der Waals surface area contributed by atoms with Gasteiger partial charge in [-0.2, -0.15) is 0 Å². The number of likely N-dealkylation sites (tertiary alicyclic amines) is 2. The zero-order chi connectivity index (χ0) is 21.1. The van der Waals surface area contributed by atoms with Gasteiger partial charge < -0.3 is 19.3 Å². The van der Waals surface area contributed by atoms with E-state index in [-0.39, 0.29) is 23.9 Å². The number of carbonyl (C=O) groups excluding carboxylic acids is 3. The van der Waals surface area contributed by atoms with Crippen molar-refractivity contribution in [1.82, 2.24) is 9.80 Å². The lowest BCUT2D eigenvalue weighted by atomic mass is 10.0. The molecule has 0 N–H and O–H groups in total. The molecule has 30 heavy (non-hydrogen) atoms. The number of rotatable bonds is 5. The van der Waals surface area contributed by atoms with Gasteiger partial charge in [-0.1, -0.05) is 0 Å². The molecule has 1 aromatic carbocycles. The van der Waals surface area contributed by atoms with Crippen LogP contribution in [0.1, 0.15) is 55.3 Å². The molecule has 0 bridgehead atoms. The van der Waals surface area contributed by atoms with Gasteiger partial charge in [-0.3, -0.25) is 9.59 Å². The van der Waals surface area contributed by atoms with Gasteiger partial charge in [0.25, 0.3) is 5.91 Å². The van der Waals surface area contributed by atoms with Crippen LogP contribution in [0, 0.1) is 5.92 Å². The largest absolute Gasteiger partial charge is 0.490 e. The molecule has 3 aliphatic rings. The van der Waals surface area contributed by atoms with E-state index in [4.69, 9.17) is 9.47 Å². The molecule has 7 heteroatoms. The highest BCUT2D eigenvalue weighted by Crippen LogP contribution is 2.32. The van der Waals surface area contributed by atoms with Crippen LogP contribution >= 0.6 is 0 Å². The molecule has 2 aliphatic heterocycles. The van der Waals surface area contributed by atoms with Crippen molar-refractivity contribution in [2.45, 2.75) is 57.1 Å². The Morgan fingerprint density at radius 3 is 2.23 bits per heavy atom. The molecule has 2 saturated heterocycles. The first-order chi connectivity index (χ1) is 14.6. The molecule has 3 fully saturated rings. The SMILES string of the molecule is COC(=O)C1CCCCN1C(=O)c1ccc(OC2CCN(C(=O)C3CC3)CC2)cc1. The third-order valence-corrected chi connectivity index (χ3v) is 6.32. The zero-order valence-electron chi connectivity index (χ0n) is 17.5. The number of hydrogen-bond acceptors (Lipinski definition) is 5. The number of ether oxygens (including phenoxy) is 2. The van der Waals surface area contributed by atoms with Crippen LogP contribution in [0.3, 0.4) is 0 Å². The van der Waals surface area contributed by atoms with Crippen LogP contribution in [0.5, 0.6) is 5.75 Å². The molecule has 1 aromatic rings. The molecule has 1 saturated carbocycles. The quantitative estimate of drug-likeness (QED) is 0.693. The van der Waals surface area contributed by atoms with Crippen molar-refractivity contribution < 1.29 is 23.9 Å². The smallest absolute Gasteiger partial charge is 0.328 e. The normalized spacial score (nSPS) is 22.5. The van der Waals surface area contributed by atoms with Crippen LogP contribution in [0.25, 0.3) is 0 Å². The van der Waals surface area contributed by atoms with Crippen LogP contribution in [0.15, 0.2) is 24.3 Å². The predicted molar refractivity (Wildman–Crippen MR) is 110 cm³/mol. The maximum Gasteiger partial charge on any atom is 0.328 e. The first-order valence-corrected chi connectivity index (χ1v) is 11.0. The molecular formula is C23H30N2O5. The maximum absolute atomic E-state index is 12.9. The summed E-state index contributed by atoms with van der Waals surface area (Å²) in [6.45, 7) is 2.07. The summed E-state index contributed by atoms with van der Waals surface area (Å²) in [6, 6.07) is 6.63. The van der Waals surface area contributed by atoms with E-state index in [1.54, 1.807) is 17.0 Å². The summed E-state index contributed by atoms with van der Waals surface area (Å²) in [5.74, 6) is 0.797. The second kappa shape index (κ2) is 9.06. The number of esters is 1. The van der Waals surface area contributed by atoms with Crippen LogP contribution in [0.4, 0.5) is 0 Å². The molecule has 1 unspecified atom stereocenters. The number of benzene rings is 1. The molecule has 7 nitrogen and oxygen atoms in total. The van der Waals surface area contributed by atoms with E-state index >= 15 is 0 Å². The van der Waals surface area contributed by atoms with E-state index in [0.717, 1.165) is 57.4 Å². The number of methoxy groups -OCH3 is 1. The summed E-state index contributed by atoms with van der Waals surface area (Å²) in [7, 11) is 1.36. The maximum atomic E-state index is 12.9. The lowest BCUT2D eigenvalue weighted by molar-refractivity contribution is -0.147. The van der Waals surface area contributed by atoms with Gasteiger partial charge in [-0.25, -0.2) is 4.79 Å². The van der Waals surface area contributed by atoms with Gasteiger partial charge in [0, 0.05) is 44.0 Å². The fraction of sp³-hybridized carbons (Fsp3) is 0.609. The Morgan fingerprint density at radius 2 is 1.60 bits per heavy atom. The number of amides is 2. The van der Waals surface area contributed by atoms with E-state index in [1.807, 2.05) is 17.0 Å². The first kappa shape index (κ1) is 20.7. The van der Waals surface area contributed by atoms with Gasteiger partial charge in [-0.15, -0.1) is 0 Å². The van der Waals surface area contributed by atoms with E-state index in [0.29, 0.717) is 24.4 Å². The summed E-state index contributed by atoms with van der Waals surface area (Å²) in [5.41, 5.74) is 0.544. The summed E-state index contributed by atoms with van der Waals surface area (Å²) in [6.07, 6.45) is 6.27. The third-order valence-electron chi connectivity index (χ3n) is 6.32. The summed E-state index contributed by atoms with van der Waals surface area (Å²) in [5, 5.41) is 0. The standard InChI is InChI=1S/C23H30N2O5/c1-29-23(28)20-4-2-3-13-25(20)22(27)17-7-9-18(10-8-17)30-19-11-14-24(15-12-19)21(26)16-5-6-16/h7-10,16,19-20H,2-6,11-15H2,1H3. The zero-order valence-corrected chi connectivity index (χ0v) is 17.5. The van der Waals surface area contributed by atoms with Crippen molar-refractivity contribution in [2.24, 2.45) is 5.92 Å². The van der Waals surface area contributed by atoms with E-state index in [2.05, 4.69) is 0 Å². The van der Waals surface area contributed by atoms with Crippen molar-refractivity contribution in [3.8, 4) is 5.75 Å². The van der Waals surface area contributed by atoms with Crippen molar-refractivity contribution in [3.05, 3.63) is 29.8 Å². The van der Waals surface area contributed by atoms with Gasteiger partial charge in [0.1, 0.15) is 17.9 Å². The Morgan fingerprint density at radius 1 is 0.900 bits per heavy atom. The van der Waals surface area contributed by atoms with Gasteiger partial charge in [0.05, 0.1) is 7.11 Å². The van der Waals surface area contributed by atoms with Crippen molar-refractivity contribution in [3.63, 3.8) is 0 Å². The van der Waals surface area contributed by atoms with Crippen LogP contribution in [0.2, 0.25) is 0 Å². The number of piperidine rings is 2. The minimum Gasteiger partial charge on any atom is -0.490 e. The van der Waals surface area contributed by atoms with Crippen molar-refractivity contribution in [1.29, 1.82) is 0 Å². The fourth-order valence-corrected chi connectivity index (χ4v) is 4.37. The minimum atomic E-state index is -0.504. The molecule has 0 aromatic heterocycles. The molecule has 0 spiro atoms. The van der Waals surface area contributed by atoms with E-state index in [1.165, 1.54) is 7.11 Å². The van der Waals surface area contributed by atoms with Gasteiger partial charge in [-0.05, 0) is 56.4 Å². The molecule has 4 rings (SSSR count). The summed E-state index contributed by atoms with van der Waals surface area (Å²) < 4.78 is 11.0. The predicted octanol–water partition coefficient (Wildman–Crippen LogP) is 2.63. The Bertz CT molecular complexity index is 781.